The maximum absolute atomic E-state index is 5.25. The first-order chi connectivity index (χ1) is 32.3. The SMILES string of the molecule is Cc1cc(C)nc(-c2ccc(-c3nc(-c4ccc(-c5ccccc5)nc4)nc(-c4cc(-c5ccc(-c6cc(C)nc(C)c6)cc5)cc(-c5ccc6c(ccc7ccccc76)c5)c4)n3)cc2)c1. The monoisotopic (exact) mass is 848 g/mol. The van der Waals surface area contributed by atoms with E-state index in [0.29, 0.717) is 17.5 Å². The van der Waals surface area contributed by atoms with Crippen LogP contribution in [0.1, 0.15) is 22.6 Å². The van der Waals surface area contributed by atoms with Crippen LogP contribution >= 0.6 is 0 Å². The average molecular weight is 849 g/mol. The third-order valence-corrected chi connectivity index (χ3v) is 12.2. The van der Waals surface area contributed by atoms with Crippen molar-refractivity contribution in [3.63, 3.8) is 0 Å². The Kier molecular flexibility index (Phi) is 10.3. The van der Waals surface area contributed by atoms with Crippen molar-refractivity contribution in [1.82, 2.24) is 29.9 Å². The van der Waals surface area contributed by atoms with Crippen LogP contribution in [0.4, 0.5) is 0 Å². The number of nitrogens with zero attached hydrogens (tertiary/aromatic N) is 6. The van der Waals surface area contributed by atoms with Crippen molar-refractivity contribution < 1.29 is 0 Å². The molecule has 0 saturated heterocycles. The lowest BCUT2D eigenvalue weighted by atomic mass is 9.93. The number of hydrogen-bond donors (Lipinski definition) is 0. The molecular weight excluding hydrogens is 805 g/mol. The fraction of sp³-hybridized carbons (Fsp3) is 0.0667. The molecule has 0 aliphatic heterocycles. The van der Waals surface area contributed by atoms with Crippen LogP contribution in [0, 0.1) is 27.7 Å². The molecule has 0 radical (unpaired) electrons. The highest BCUT2D eigenvalue weighted by molar-refractivity contribution is 6.08. The zero-order chi connectivity index (χ0) is 44.7. The van der Waals surface area contributed by atoms with Crippen molar-refractivity contribution in [2.75, 3.05) is 0 Å². The van der Waals surface area contributed by atoms with Crippen LogP contribution in [0.25, 0.3) is 112 Å². The van der Waals surface area contributed by atoms with E-state index in [1.807, 2.05) is 57.3 Å². The summed E-state index contributed by atoms with van der Waals surface area (Å²) in [6.07, 6.45) is 1.86. The van der Waals surface area contributed by atoms with Crippen molar-refractivity contribution >= 4 is 21.5 Å². The number of benzene rings is 7. The second-order valence-corrected chi connectivity index (χ2v) is 17.1. The Balaban J connectivity index is 1.07. The third-order valence-electron chi connectivity index (χ3n) is 12.2. The third kappa shape index (κ3) is 8.12. The fourth-order valence-corrected chi connectivity index (χ4v) is 8.99. The summed E-state index contributed by atoms with van der Waals surface area (Å²) in [4.78, 5) is 29.9. The Morgan fingerprint density at radius 2 is 0.788 bits per heavy atom. The van der Waals surface area contributed by atoms with Gasteiger partial charge in [0, 0.05) is 51.1 Å². The van der Waals surface area contributed by atoms with Gasteiger partial charge in [-0.25, -0.2) is 15.0 Å². The molecule has 6 heteroatoms. The molecule has 314 valence electrons. The van der Waals surface area contributed by atoms with Crippen molar-refractivity contribution in [2.45, 2.75) is 27.7 Å². The van der Waals surface area contributed by atoms with Gasteiger partial charge < -0.3 is 0 Å². The Labute approximate surface area is 384 Å². The first-order valence-corrected chi connectivity index (χ1v) is 22.2. The van der Waals surface area contributed by atoms with E-state index in [-0.39, 0.29) is 0 Å². The summed E-state index contributed by atoms with van der Waals surface area (Å²) in [7, 11) is 0. The fourth-order valence-electron chi connectivity index (χ4n) is 8.99. The predicted octanol–water partition coefficient (Wildman–Crippen LogP) is 14.9. The smallest absolute Gasteiger partial charge is 0.165 e. The van der Waals surface area contributed by atoms with Crippen LogP contribution in [0.2, 0.25) is 0 Å². The summed E-state index contributed by atoms with van der Waals surface area (Å²) in [6.45, 7) is 8.21. The minimum atomic E-state index is 0.541. The van der Waals surface area contributed by atoms with E-state index in [9.17, 15) is 0 Å². The van der Waals surface area contributed by atoms with Crippen LogP contribution in [0.15, 0.2) is 194 Å². The number of aryl methyl sites for hydroxylation is 4. The zero-order valence-electron chi connectivity index (χ0n) is 37.2. The summed E-state index contributed by atoms with van der Waals surface area (Å²) in [5.74, 6) is 1.68. The quantitative estimate of drug-likeness (QED) is 0.142. The van der Waals surface area contributed by atoms with Gasteiger partial charge in [-0.1, -0.05) is 127 Å². The Hall–Kier alpha value is -8.48. The Morgan fingerprint density at radius 3 is 1.48 bits per heavy atom. The lowest BCUT2D eigenvalue weighted by molar-refractivity contribution is 1.07. The van der Waals surface area contributed by atoms with Crippen molar-refractivity contribution in [1.29, 1.82) is 0 Å². The summed E-state index contributed by atoms with van der Waals surface area (Å²) >= 11 is 0. The van der Waals surface area contributed by atoms with Gasteiger partial charge in [0.15, 0.2) is 17.5 Å². The highest BCUT2D eigenvalue weighted by Gasteiger charge is 2.17. The highest BCUT2D eigenvalue weighted by Crippen LogP contribution is 2.37. The number of pyridine rings is 3. The van der Waals surface area contributed by atoms with Gasteiger partial charge in [0.1, 0.15) is 0 Å². The van der Waals surface area contributed by atoms with Gasteiger partial charge in [0.2, 0.25) is 0 Å². The first kappa shape index (κ1) is 40.3. The normalized spacial score (nSPS) is 11.3. The second-order valence-electron chi connectivity index (χ2n) is 17.1. The van der Waals surface area contributed by atoms with Crippen LogP contribution < -0.4 is 0 Å². The van der Waals surface area contributed by atoms with Crippen LogP contribution in [0.5, 0.6) is 0 Å². The number of hydrogen-bond acceptors (Lipinski definition) is 6. The standard InChI is InChI=1S/C60H44N6/c1-37-28-38(2)63-57(29-37)45-19-21-46(22-20-45)58-64-59(49-25-27-56(61-36-49)44-11-6-5-7-12-44)66-60(65-58)53-34-51(42-16-14-41(15-17-42)50-30-39(3)62-40(4)31-50)33-52(35-53)47-24-26-55-48(32-47)23-18-43-10-8-9-13-54(43)55/h5-36H,1-4H3. The van der Waals surface area contributed by atoms with Crippen molar-refractivity contribution in [3.05, 3.63) is 217 Å². The minimum Gasteiger partial charge on any atom is -0.258 e. The van der Waals surface area contributed by atoms with E-state index in [2.05, 4.69) is 170 Å². The highest BCUT2D eigenvalue weighted by atomic mass is 15.0. The molecule has 6 nitrogen and oxygen atoms in total. The Morgan fingerprint density at radius 1 is 0.273 bits per heavy atom. The van der Waals surface area contributed by atoms with Gasteiger partial charge in [0.05, 0.1) is 11.4 Å². The molecule has 66 heavy (non-hydrogen) atoms. The largest absolute Gasteiger partial charge is 0.258 e. The molecule has 0 aliphatic carbocycles. The summed E-state index contributed by atoms with van der Waals surface area (Å²) < 4.78 is 0. The van der Waals surface area contributed by atoms with Gasteiger partial charge >= 0.3 is 0 Å². The predicted molar refractivity (Wildman–Crippen MR) is 271 cm³/mol. The molecule has 4 aromatic heterocycles. The molecule has 11 aromatic rings. The minimum absolute atomic E-state index is 0.541. The van der Waals surface area contributed by atoms with E-state index in [4.69, 9.17) is 24.9 Å². The Bertz CT molecular complexity index is 3560. The molecule has 0 saturated carbocycles. The van der Waals surface area contributed by atoms with Crippen LogP contribution in [0.3, 0.4) is 0 Å². The summed E-state index contributed by atoms with van der Waals surface area (Å²) in [5.41, 5.74) is 17.2. The second kappa shape index (κ2) is 16.9. The molecule has 0 fully saturated rings. The van der Waals surface area contributed by atoms with Crippen molar-refractivity contribution in [3.8, 4) is 90.1 Å². The van der Waals surface area contributed by atoms with Crippen molar-refractivity contribution in [2.24, 2.45) is 0 Å². The molecule has 0 N–H and O–H groups in total. The number of rotatable bonds is 8. The maximum Gasteiger partial charge on any atom is 0.165 e. The number of aromatic nitrogens is 6. The molecule has 0 bridgehead atoms. The topological polar surface area (TPSA) is 77.3 Å². The molecule has 4 heterocycles. The molecule has 0 atom stereocenters. The van der Waals surface area contributed by atoms with E-state index in [1.54, 1.807) is 0 Å². The molecule has 0 spiro atoms. The number of fused-ring (bicyclic) bond motifs is 3. The molecule has 0 aliphatic rings. The first-order valence-electron chi connectivity index (χ1n) is 22.2. The van der Waals surface area contributed by atoms with Gasteiger partial charge in [-0.15, -0.1) is 0 Å². The molecular formula is C60H44N6. The summed E-state index contributed by atoms with van der Waals surface area (Å²) in [5, 5.41) is 4.88. The van der Waals surface area contributed by atoms with Crippen LogP contribution in [-0.2, 0) is 0 Å². The lowest BCUT2D eigenvalue weighted by Gasteiger charge is -2.14. The maximum atomic E-state index is 5.25. The van der Waals surface area contributed by atoms with E-state index in [1.165, 1.54) is 27.1 Å². The zero-order valence-corrected chi connectivity index (χ0v) is 37.2. The van der Waals surface area contributed by atoms with Gasteiger partial charge in [-0.05, 0) is 149 Å². The molecule has 11 rings (SSSR count). The summed E-state index contributed by atoms with van der Waals surface area (Å²) in [6, 6.07) is 66.3. The van der Waals surface area contributed by atoms with Gasteiger partial charge in [-0.3, -0.25) is 15.0 Å². The van der Waals surface area contributed by atoms with Gasteiger partial charge in [0.25, 0.3) is 0 Å². The van der Waals surface area contributed by atoms with E-state index in [0.717, 1.165) is 89.7 Å². The van der Waals surface area contributed by atoms with E-state index >= 15 is 0 Å². The molecule has 0 amide bonds. The molecule has 0 unspecified atom stereocenters. The average Bonchev–Trinajstić information content (AvgIpc) is 3.35. The lowest BCUT2D eigenvalue weighted by Crippen LogP contribution is -2.01. The molecule has 7 aromatic carbocycles. The van der Waals surface area contributed by atoms with E-state index < -0.39 is 0 Å². The van der Waals surface area contributed by atoms with Crippen LogP contribution in [-0.4, -0.2) is 29.9 Å². The van der Waals surface area contributed by atoms with Gasteiger partial charge in [-0.2, -0.15) is 0 Å².